The Balaban J connectivity index is 2.23. The van der Waals surface area contributed by atoms with Crippen LogP contribution in [-0.4, -0.2) is 31.9 Å². The van der Waals surface area contributed by atoms with Crippen LogP contribution in [0.2, 0.25) is 0 Å². The molecule has 4 nitrogen and oxygen atoms in total. The Labute approximate surface area is 119 Å². The number of carbonyl (C=O) groups is 1. The van der Waals surface area contributed by atoms with Gasteiger partial charge in [0, 0.05) is 5.56 Å². The molecule has 0 radical (unpaired) electrons. The summed E-state index contributed by atoms with van der Waals surface area (Å²) in [5.41, 5.74) is -0.941. The van der Waals surface area contributed by atoms with Crippen molar-refractivity contribution in [1.29, 1.82) is 0 Å². The molecule has 2 rings (SSSR count). The van der Waals surface area contributed by atoms with Crippen LogP contribution in [0.25, 0.3) is 0 Å². The van der Waals surface area contributed by atoms with Crippen molar-refractivity contribution in [3.05, 3.63) is 29.3 Å². The van der Waals surface area contributed by atoms with E-state index in [1.807, 2.05) is 0 Å². The maximum atomic E-state index is 12.7. The van der Waals surface area contributed by atoms with Crippen LogP contribution in [-0.2, 0) is 26.9 Å². The van der Waals surface area contributed by atoms with Crippen molar-refractivity contribution in [2.75, 3.05) is 20.3 Å². The molecule has 1 saturated heterocycles. The van der Waals surface area contributed by atoms with E-state index in [0.29, 0.717) is 12.2 Å². The number of hydrogen-bond donors (Lipinski definition) is 0. The Kier molecular flexibility index (Phi) is 4.13. The molecular weight excluding hydrogens is 289 g/mol. The van der Waals surface area contributed by atoms with Gasteiger partial charge in [0.1, 0.15) is 18.0 Å². The fourth-order valence-corrected chi connectivity index (χ4v) is 1.68. The highest BCUT2D eigenvalue weighted by Gasteiger charge is 2.40. The number of rotatable bonds is 5. The molecule has 0 bridgehead atoms. The number of alkyl halides is 3. The molecule has 1 fully saturated rings. The van der Waals surface area contributed by atoms with Crippen LogP contribution in [0.1, 0.15) is 18.1 Å². The summed E-state index contributed by atoms with van der Waals surface area (Å²) in [7, 11) is 1.21. The first kappa shape index (κ1) is 15.6. The van der Waals surface area contributed by atoms with E-state index in [0.717, 1.165) is 12.1 Å². The van der Waals surface area contributed by atoms with Gasteiger partial charge in [0.05, 0.1) is 25.7 Å². The summed E-state index contributed by atoms with van der Waals surface area (Å²) in [6.07, 6.45) is -4.62. The minimum Gasteiger partial charge on any atom is -0.490 e. The summed E-state index contributed by atoms with van der Waals surface area (Å²) >= 11 is 0. The SMILES string of the molecule is COC(=O)Cc1ccc(C(F)(F)F)cc1OC[C@]1(C)CO1. The quantitative estimate of drug-likeness (QED) is 0.620. The zero-order valence-corrected chi connectivity index (χ0v) is 11.6. The molecule has 1 aromatic rings. The van der Waals surface area contributed by atoms with Gasteiger partial charge in [-0.3, -0.25) is 4.79 Å². The van der Waals surface area contributed by atoms with Crippen molar-refractivity contribution in [2.24, 2.45) is 0 Å². The van der Waals surface area contributed by atoms with Crippen molar-refractivity contribution in [3.63, 3.8) is 0 Å². The van der Waals surface area contributed by atoms with Crippen LogP contribution in [0.3, 0.4) is 0 Å². The molecule has 0 aromatic heterocycles. The van der Waals surface area contributed by atoms with Crippen molar-refractivity contribution < 1.29 is 32.2 Å². The van der Waals surface area contributed by atoms with Gasteiger partial charge in [-0.25, -0.2) is 0 Å². The lowest BCUT2D eigenvalue weighted by atomic mass is 10.1. The van der Waals surface area contributed by atoms with E-state index < -0.39 is 23.3 Å². The maximum Gasteiger partial charge on any atom is 0.416 e. The van der Waals surface area contributed by atoms with Crippen molar-refractivity contribution in [2.45, 2.75) is 25.1 Å². The molecule has 116 valence electrons. The average molecular weight is 304 g/mol. The molecule has 0 amide bonds. The molecule has 1 atom stereocenters. The number of benzene rings is 1. The molecule has 1 aromatic carbocycles. The number of hydrogen-bond acceptors (Lipinski definition) is 4. The lowest BCUT2D eigenvalue weighted by molar-refractivity contribution is -0.139. The van der Waals surface area contributed by atoms with E-state index >= 15 is 0 Å². The molecular formula is C14H15F3O4. The molecule has 0 N–H and O–H groups in total. The zero-order valence-electron chi connectivity index (χ0n) is 11.6. The average Bonchev–Trinajstić information content (AvgIpc) is 3.14. The summed E-state index contributed by atoms with van der Waals surface area (Å²) in [6, 6.07) is 3.04. The summed E-state index contributed by atoms with van der Waals surface area (Å²) in [6.45, 7) is 2.42. The van der Waals surface area contributed by atoms with E-state index in [-0.39, 0.29) is 18.8 Å². The fraction of sp³-hybridized carbons (Fsp3) is 0.500. The van der Waals surface area contributed by atoms with Gasteiger partial charge in [0.25, 0.3) is 0 Å². The third-order valence-corrected chi connectivity index (χ3v) is 3.13. The minimum absolute atomic E-state index is 0.0203. The van der Waals surface area contributed by atoms with Gasteiger partial charge in [-0.1, -0.05) is 6.07 Å². The molecule has 0 aliphatic carbocycles. The largest absolute Gasteiger partial charge is 0.490 e. The smallest absolute Gasteiger partial charge is 0.416 e. The van der Waals surface area contributed by atoms with Crippen LogP contribution in [0.4, 0.5) is 13.2 Å². The fourth-order valence-electron chi connectivity index (χ4n) is 1.68. The summed E-state index contributed by atoms with van der Waals surface area (Å²) in [5, 5.41) is 0. The number of carbonyl (C=O) groups excluding carboxylic acids is 1. The summed E-state index contributed by atoms with van der Waals surface area (Å²) in [5.74, 6) is -0.527. The standard InChI is InChI=1S/C14H15F3O4/c1-13(8-21-13)7-20-11-6-10(14(15,16)17)4-3-9(11)5-12(18)19-2/h3-4,6H,5,7-8H2,1-2H3/t13-/m1/s1. The molecule has 0 spiro atoms. The zero-order chi connectivity index (χ0) is 15.7. The van der Waals surface area contributed by atoms with Gasteiger partial charge in [-0.2, -0.15) is 13.2 Å². The van der Waals surface area contributed by atoms with Crippen LogP contribution >= 0.6 is 0 Å². The van der Waals surface area contributed by atoms with Crippen molar-refractivity contribution in [3.8, 4) is 5.75 Å². The maximum absolute atomic E-state index is 12.7. The third-order valence-electron chi connectivity index (χ3n) is 3.13. The second kappa shape index (κ2) is 5.55. The Bertz CT molecular complexity index is 536. The van der Waals surface area contributed by atoms with E-state index in [1.165, 1.54) is 13.2 Å². The van der Waals surface area contributed by atoms with Gasteiger partial charge in [0.15, 0.2) is 0 Å². The molecule has 1 aliphatic heterocycles. The minimum atomic E-state index is -4.47. The molecule has 21 heavy (non-hydrogen) atoms. The lowest BCUT2D eigenvalue weighted by Gasteiger charge is -2.15. The van der Waals surface area contributed by atoms with Crippen molar-refractivity contribution >= 4 is 5.97 Å². The number of esters is 1. The Morgan fingerprint density at radius 3 is 2.62 bits per heavy atom. The normalized spacial score (nSPS) is 21.0. The first-order chi connectivity index (χ1) is 9.73. The first-order valence-electron chi connectivity index (χ1n) is 6.27. The number of epoxide rings is 1. The predicted molar refractivity (Wildman–Crippen MR) is 67.0 cm³/mol. The van der Waals surface area contributed by atoms with Gasteiger partial charge in [-0.15, -0.1) is 0 Å². The molecule has 1 aliphatic rings. The molecule has 0 saturated carbocycles. The highest BCUT2D eigenvalue weighted by molar-refractivity contribution is 5.73. The van der Waals surface area contributed by atoms with Gasteiger partial charge in [-0.05, 0) is 19.1 Å². The monoisotopic (exact) mass is 304 g/mol. The van der Waals surface area contributed by atoms with Crippen LogP contribution < -0.4 is 4.74 Å². The predicted octanol–water partition coefficient (Wildman–Crippen LogP) is 2.59. The first-order valence-corrected chi connectivity index (χ1v) is 6.27. The van der Waals surface area contributed by atoms with Crippen LogP contribution in [0.15, 0.2) is 18.2 Å². The number of ether oxygens (including phenoxy) is 3. The molecule has 7 heteroatoms. The van der Waals surface area contributed by atoms with Gasteiger partial charge < -0.3 is 14.2 Å². The van der Waals surface area contributed by atoms with E-state index in [2.05, 4.69) is 4.74 Å². The topological polar surface area (TPSA) is 48.1 Å². The second-order valence-electron chi connectivity index (χ2n) is 5.10. The Morgan fingerprint density at radius 2 is 2.10 bits per heavy atom. The highest BCUT2D eigenvalue weighted by Crippen LogP contribution is 2.34. The van der Waals surface area contributed by atoms with Crippen molar-refractivity contribution in [1.82, 2.24) is 0 Å². The van der Waals surface area contributed by atoms with E-state index in [9.17, 15) is 18.0 Å². The molecule has 1 heterocycles. The van der Waals surface area contributed by atoms with Gasteiger partial charge >= 0.3 is 12.1 Å². The summed E-state index contributed by atoms with van der Waals surface area (Å²) in [4.78, 5) is 11.3. The Hall–Kier alpha value is -1.76. The third kappa shape index (κ3) is 4.10. The molecule has 0 unspecified atom stereocenters. The van der Waals surface area contributed by atoms with E-state index in [1.54, 1.807) is 6.92 Å². The Morgan fingerprint density at radius 1 is 1.43 bits per heavy atom. The van der Waals surface area contributed by atoms with Gasteiger partial charge in [0.2, 0.25) is 0 Å². The van der Waals surface area contributed by atoms with Crippen LogP contribution in [0.5, 0.6) is 5.75 Å². The van der Waals surface area contributed by atoms with E-state index in [4.69, 9.17) is 9.47 Å². The number of halogens is 3. The highest BCUT2D eigenvalue weighted by atomic mass is 19.4. The van der Waals surface area contributed by atoms with Crippen LogP contribution in [0, 0.1) is 0 Å². The second-order valence-corrected chi connectivity index (χ2v) is 5.10. The number of methoxy groups -OCH3 is 1. The summed E-state index contributed by atoms with van der Waals surface area (Å²) < 4.78 is 53.3. The lowest BCUT2D eigenvalue weighted by Crippen LogP contribution is -2.18.